The van der Waals surface area contributed by atoms with Crippen LogP contribution >= 0.6 is 0 Å². The van der Waals surface area contributed by atoms with Crippen molar-refractivity contribution in [3.63, 3.8) is 0 Å². The number of carbonyl (C=O) groups excluding carboxylic acids is 2. The van der Waals surface area contributed by atoms with E-state index in [9.17, 15) is 14.0 Å². The quantitative estimate of drug-likeness (QED) is 0.895. The van der Waals surface area contributed by atoms with Gasteiger partial charge in [-0.3, -0.25) is 9.59 Å². The monoisotopic (exact) mass is 322 g/mol. The highest BCUT2D eigenvalue weighted by Crippen LogP contribution is 2.51. The number of carbonyl (C=O) groups is 2. The van der Waals surface area contributed by atoms with Gasteiger partial charge in [0.15, 0.2) is 0 Å². The van der Waals surface area contributed by atoms with E-state index in [0.717, 1.165) is 0 Å². The Hall–Kier alpha value is -1.95. The van der Waals surface area contributed by atoms with Gasteiger partial charge in [-0.1, -0.05) is 13.8 Å². The molecular weight excluding hydrogens is 299 g/mol. The Kier molecular flexibility index (Phi) is 4.48. The van der Waals surface area contributed by atoms with Crippen LogP contribution in [0.25, 0.3) is 0 Å². The molecule has 2 atom stereocenters. The molecule has 1 aliphatic rings. The third-order valence-corrected chi connectivity index (χ3v) is 5.12. The Morgan fingerprint density at radius 1 is 1.30 bits per heavy atom. The number of nitrogens with one attached hydrogen (secondary N) is 2. The summed E-state index contributed by atoms with van der Waals surface area (Å²) in [5.74, 6) is -1.40. The van der Waals surface area contributed by atoms with E-state index in [2.05, 4.69) is 10.6 Å². The maximum absolute atomic E-state index is 13.9. The number of benzene rings is 1. The fraction of sp³-hybridized carbons (Fsp3) is 0.529. The molecule has 0 aliphatic heterocycles. The summed E-state index contributed by atoms with van der Waals surface area (Å²) >= 11 is 0. The first-order valence-electron chi connectivity index (χ1n) is 7.54. The second-order valence-electron chi connectivity index (χ2n) is 6.76. The Bertz CT molecular complexity index is 645. The molecule has 0 aromatic heterocycles. The normalized spacial score (nSPS) is 25.4. The Balaban J connectivity index is 2.14. The standard InChI is InChI=1S/C17H23FN2O3/c1-10(21)19-11-6-7-13(18)12(8-11)15(22)20-14-9-17(4,23-5)16(14,2)3/h6-8,14H,9H2,1-5H3,(H,19,21)(H,20,22)/t14-,17+/m1/s1. The number of halogens is 1. The van der Waals surface area contributed by atoms with Gasteiger partial charge in [-0.2, -0.15) is 0 Å². The van der Waals surface area contributed by atoms with E-state index in [1.165, 1.54) is 25.1 Å². The van der Waals surface area contributed by atoms with Gasteiger partial charge in [0.25, 0.3) is 5.91 Å². The summed E-state index contributed by atoms with van der Waals surface area (Å²) < 4.78 is 19.5. The molecule has 0 spiro atoms. The lowest BCUT2D eigenvalue weighted by molar-refractivity contribution is -0.177. The van der Waals surface area contributed by atoms with Gasteiger partial charge in [0.05, 0.1) is 11.2 Å². The molecule has 0 radical (unpaired) electrons. The minimum Gasteiger partial charge on any atom is -0.378 e. The molecule has 5 nitrogen and oxygen atoms in total. The van der Waals surface area contributed by atoms with Crippen molar-refractivity contribution < 1.29 is 18.7 Å². The molecule has 0 bridgehead atoms. The average Bonchev–Trinajstić information content (AvgIpc) is 2.47. The summed E-state index contributed by atoms with van der Waals surface area (Å²) in [7, 11) is 1.65. The summed E-state index contributed by atoms with van der Waals surface area (Å²) in [6.07, 6.45) is 0.662. The number of ether oxygens (including phenoxy) is 1. The summed E-state index contributed by atoms with van der Waals surface area (Å²) in [6.45, 7) is 7.36. The maximum atomic E-state index is 13.9. The minimum absolute atomic E-state index is 0.0851. The van der Waals surface area contributed by atoms with Gasteiger partial charge < -0.3 is 15.4 Å². The van der Waals surface area contributed by atoms with E-state index in [1.54, 1.807) is 7.11 Å². The van der Waals surface area contributed by atoms with Crippen LogP contribution in [0, 0.1) is 11.2 Å². The summed E-state index contributed by atoms with van der Waals surface area (Å²) in [4.78, 5) is 23.5. The molecule has 2 N–H and O–H groups in total. The van der Waals surface area contributed by atoms with Crippen LogP contribution < -0.4 is 10.6 Å². The van der Waals surface area contributed by atoms with Gasteiger partial charge in [-0.25, -0.2) is 4.39 Å². The lowest BCUT2D eigenvalue weighted by atomic mass is 9.56. The fourth-order valence-corrected chi connectivity index (χ4v) is 2.94. The third kappa shape index (κ3) is 3.08. The molecule has 2 amide bonds. The predicted molar refractivity (Wildman–Crippen MR) is 85.8 cm³/mol. The van der Waals surface area contributed by atoms with Gasteiger partial charge in [0.1, 0.15) is 5.82 Å². The van der Waals surface area contributed by atoms with Crippen LogP contribution in [0.1, 0.15) is 44.5 Å². The van der Waals surface area contributed by atoms with E-state index in [-0.39, 0.29) is 28.5 Å². The van der Waals surface area contributed by atoms with Crippen LogP contribution in [0.5, 0.6) is 0 Å². The van der Waals surface area contributed by atoms with Crippen molar-refractivity contribution in [2.24, 2.45) is 5.41 Å². The van der Waals surface area contributed by atoms with Gasteiger partial charge in [-0.05, 0) is 31.5 Å². The molecule has 0 heterocycles. The topological polar surface area (TPSA) is 67.4 Å². The Morgan fingerprint density at radius 2 is 1.96 bits per heavy atom. The van der Waals surface area contributed by atoms with Crippen molar-refractivity contribution in [2.45, 2.75) is 45.8 Å². The number of methoxy groups -OCH3 is 1. The van der Waals surface area contributed by atoms with Crippen molar-refractivity contribution in [1.29, 1.82) is 0 Å². The maximum Gasteiger partial charge on any atom is 0.254 e. The highest BCUT2D eigenvalue weighted by atomic mass is 19.1. The molecule has 1 aromatic rings. The van der Waals surface area contributed by atoms with Crippen LogP contribution in [0.4, 0.5) is 10.1 Å². The zero-order valence-electron chi connectivity index (χ0n) is 14.1. The van der Waals surface area contributed by atoms with E-state index in [1.807, 2.05) is 20.8 Å². The van der Waals surface area contributed by atoms with Crippen LogP contribution in [0.2, 0.25) is 0 Å². The number of anilines is 1. The smallest absolute Gasteiger partial charge is 0.254 e. The van der Waals surface area contributed by atoms with Crippen molar-refractivity contribution in [3.8, 4) is 0 Å². The molecule has 23 heavy (non-hydrogen) atoms. The molecule has 0 saturated heterocycles. The Morgan fingerprint density at radius 3 is 2.48 bits per heavy atom. The SMILES string of the molecule is CO[C@@]1(C)C[C@@H](NC(=O)c2cc(NC(C)=O)ccc2F)C1(C)C. The average molecular weight is 322 g/mol. The molecule has 126 valence electrons. The van der Waals surface area contributed by atoms with E-state index in [0.29, 0.717) is 12.1 Å². The zero-order valence-corrected chi connectivity index (χ0v) is 14.1. The first-order chi connectivity index (χ1) is 10.6. The Labute approximate surface area is 135 Å². The van der Waals surface area contributed by atoms with Crippen LogP contribution in [0.3, 0.4) is 0 Å². The minimum atomic E-state index is -0.622. The molecular formula is C17H23FN2O3. The lowest BCUT2D eigenvalue weighted by Gasteiger charge is -2.59. The fourth-order valence-electron chi connectivity index (χ4n) is 2.94. The molecule has 1 fully saturated rings. The van der Waals surface area contributed by atoms with Gasteiger partial charge in [-0.15, -0.1) is 0 Å². The van der Waals surface area contributed by atoms with Crippen LogP contribution in [-0.2, 0) is 9.53 Å². The highest BCUT2D eigenvalue weighted by Gasteiger charge is 2.58. The van der Waals surface area contributed by atoms with E-state index >= 15 is 0 Å². The van der Waals surface area contributed by atoms with Crippen LogP contribution in [-0.4, -0.2) is 30.6 Å². The summed E-state index contributed by atoms with van der Waals surface area (Å²) in [6, 6.07) is 3.82. The predicted octanol–water partition coefficient (Wildman–Crippen LogP) is 2.72. The molecule has 6 heteroatoms. The van der Waals surface area contributed by atoms with Crippen molar-refractivity contribution in [2.75, 3.05) is 12.4 Å². The molecule has 1 aliphatic carbocycles. The van der Waals surface area contributed by atoms with Crippen molar-refractivity contribution >= 4 is 17.5 Å². The van der Waals surface area contributed by atoms with Gasteiger partial charge in [0.2, 0.25) is 5.91 Å². The van der Waals surface area contributed by atoms with Crippen molar-refractivity contribution in [3.05, 3.63) is 29.6 Å². The molecule has 1 aromatic carbocycles. The van der Waals surface area contributed by atoms with Crippen molar-refractivity contribution in [1.82, 2.24) is 5.32 Å². The van der Waals surface area contributed by atoms with E-state index in [4.69, 9.17) is 4.74 Å². The second-order valence-corrected chi connectivity index (χ2v) is 6.76. The molecule has 1 saturated carbocycles. The molecule has 2 rings (SSSR count). The highest BCUT2D eigenvalue weighted by molar-refractivity contribution is 5.97. The number of hydrogen-bond donors (Lipinski definition) is 2. The number of rotatable bonds is 4. The largest absolute Gasteiger partial charge is 0.378 e. The van der Waals surface area contributed by atoms with Gasteiger partial charge >= 0.3 is 0 Å². The van der Waals surface area contributed by atoms with E-state index < -0.39 is 11.7 Å². The zero-order chi connectivity index (χ0) is 17.4. The summed E-state index contributed by atoms with van der Waals surface area (Å²) in [5, 5.41) is 5.40. The molecule has 0 unspecified atom stereocenters. The van der Waals surface area contributed by atoms with Gasteiger partial charge in [0, 0.05) is 31.2 Å². The first kappa shape index (κ1) is 17.4. The first-order valence-corrected chi connectivity index (χ1v) is 7.54. The number of amides is 2. The summed E-state index contributed by atoms with van der Waals surface area (Å²) in [5.41, 5.74) is -0.276. The van der Waals surface area contributed by atoms with Crippen LogP contribution in [0.15, 0.2) is 18.2 Å². The second kappa shape index (κ2) is 5.92. The number of hydrogen-bond acceptors (Lipinski definition) is 3. The lowest BCUT2D eigenvalue weighted by Crippen LogP contribution is -2.68. The third-order valence-electron chi connectivity index (χ3n) is 5.12.